The number of benzene rings is 1. The van der Waals surface area contributed by atoms with E-state index in [1.807, 2.05) is 0 Å². The van der Waals surface area contributed by atoms with Crippen molar-refractivity contribution < 1.29 is 31.1 Å². The summed E-state index contributed by atoms with van der Waals surface area (Å²) in [4.78, 5) is 13.3. The molecule has 2 heterocycles. The lowest BCUT2D eigenvalue weighted by Gasteiger charge is -2.32. The number of halogens is 3. The van der Waals surface area contributed by atoms with Gasteiger partial charge in [-0.1, -0.05) is 0 Å². The number of morpholine rings is 1. The van der Waals surface area contributed by atoms with Crippen LogP contribution in [0.2, 0.25) is 0 Å². The van der Waals surface area contributed by atoms with Crippen molar-refractivity contribution in [2.45, 2.75) is 23.5 Å². The molecule has 0 spiro atoms. The largest absolute Gasteiger partial charge is 0.378 e. The van der Waals surface area contributed by atoms with Crippen molar-refractivity contribution in [2.75, 3.05) is 32.8 Å². The molecule has 3 rings (SSSR count). The maximum absolute atomic E-state index is 13.9. The minimum Gasteiger partial charge on any atom is -0.378 e. The smallest absolute Gasteiger partial charge is 0.246 e. The molecule has 25 heavy (non-hydrogen) atoms. The van der Waals surface area contributed by atoms with Crippen LogP contribution in [0.4, 0.5) is 13.2 Å². The molecular weight excluding hydrogens is 361 g/mol. The third kappa shape index (κ3) is 3.51. The van der Waals surface area contributed by atoms with Crippen LogP contribution < -0.4 is 0 Å². The fourth-order valence-electron chi connectivity index (χ4n) is 3.05. The van der Waals surface area contributed by atoms with Gasteiger partial charge >= 0.3 is 0 Å². The number of rotatable bonds is 3. The van der Waals surface area contributed by atoms with Gasteiger partial charge in [-0.05, 0) is 12.1 Å². The van der Waals surface area contributed by atoms with Gasteiger partial charge in [0.15, 0.2) is 0 Å². The first kappa shape index (κ1) is 18.2. The zero-order valence-electron chi connectivity index (χ0n) is 13.2. The molecule has 0 bridgehead atoms. The van der Waals surface area contributed by atoms with E-state index in [0.717, 1.165) is 12.1 Å². The molecule has 0 aromatic heterocycles. The Kier molecular flexibility index (Phi) is 5.03. The lowest BCUT2D eigenvalue weighted by atomic mass is 10.2. The molecule has 1 aromatic rings. The molecule has 6 nitrogen and oxygen atoms in total. The normalized spacial score (nSPS) is 25.3. The summed E-state index contributed by atoms with van der Waals surface area (Å²) in [5, 5.41) is 0. The fourth-order valence-corrected chi connectivity index (χ4v) is 4.72. The molecule has 0 radical (unpaired) electrons. The molecule has 2 aliphatic rings. The number of amides is 1. The number of alkyl halides is 1. The molecule has 2 fully saturated rings. The van der Waals surface area contributed by atoms with Crippen LogP contribution in [-0.4, -0.2) is 68.6 Å². The number of hydrogen-bond acceptors (Lipinski definition) is 4. The fraction of sp³-hybridized carbons (Fsp3) is 0.533. The van der Waals surface area contributed by atoms with Crippen LogP contribution in [0.3, 0.4) is 0 Å². The Balaban J connectivity index is 1.91. The second kappa shape index (κ2) is 6.93. The third-order valence-corrected chi connectivity index (χ3v) is 6.20. The lowest BCUT2D eigenvalue weighted by molar-refractivity contribution is -0.138. The van der Waals surface area contributed by atoms with Crippen molar-refractivity contribution in [3.05, 3.63) is 29.8 Å². The monoisotopic (exact) mass is 378 g/mol. The van der Waals surface area contributed by atoms with E-state index in [1.165, 1.54) is 4.90 Å². The van der Waals surface area contributed by atoms with Crippen LogP contribution >= 0.6 is 0 Å². The van der Waals surface area contributed by atoms with Gasteiger partial charge < -0.3 is 9.64 Å². The zero-order valence-corrected chi connectivity index (χ0v) is 14.0. The SMILES string of the molecule is O=C([C@@H]1C[C@H](F)CN1S(=O)(=O)c1ccc(F)cc1F)N1CCOCC1. The summed E-state index contributed by atoms with van der Waals surface area (Å²) in [6.07, 6.45) is -1.83. The summed E-state index contributed by atoms with van der Waals surface area (Å²) < 4.78 is 72.1. The van der Waals surface area contributed by atoms with Crippen molar-refractivity contribution >= 4 is 15.9 Å². The number of carbonyl (C=O) groups is 1. The predicted octanol–water partition coefficient (Wildman–Crippen LogP) is 0.925. The Morgan fingerprint density at radius 2 is 1.88 bits per heavy atom. The summed E-state index contributed by atoms with van der Waals surface area (Å²) in [5.74, 6) is -2.74. The molecule has 2 saturated heterocycles. The van der Waals surface area contributed by atoms with E-state index in [-0.39, 0.29) is 19.5 Å². The molecule has 138 valence electrons. The maximum Gasteiger partial charge on any atom is 0.246 e. The van der Waals surface area contributed by atoms with Crippen molar-refractivity contribution in [1.82, 2.24) is 9.21 Å². The average Bonchev–Trinajstić information content (AvgIpc) is 2.97. The van der Waals surface area contributed by atoms with Gasteiger partial charge in [0.1, 0.15) is 28.7 Å². The summed E-state index contributed by atoms with van der Waals surface area (Å²) in [6, 6.07) is 0.774. The van der Waals surface area contributed by atoms with Crippen molar-refractivity contribution in [1.29, 1.82) is 0 Å². The van der Waals surface area contributed by atoms with E-state index in [0.29, 0.717) is 23.6 Å². The second-order valence-corrected chi connectivity index (χ2v) is 7.79. The van der Waals surface area contributed by atoms with Crippen LogP contribution in [0.1, 0.15) is 6.42 Å². The lowest BCUT2D eigenvalue weighted by Crippen LogP contribution is -2.51. The Hall–Kier alpha value is -1.65. The molecule has 0 saturated carbocycles. The summed E-state index contributed by atoms with van der Waals surface area (Å²) in [7, 11) is -4.48. The van der Waals surface area contributed by atoms with Crippen LogP contribution in [0, 0.1) is 11.6 Å². The summed E-state index contributed by atoms with van der Waals surface area (Å²) >= 11 is 0. The van der Waals surface area contributed by atoms with Crippen molar-refractivity contribution in [3.8, 4) is 0 Å². The van der Waals surface area contributed by atoms with Crippen LogP contribution in [0.25, 0.3) is 0 Å². The van der Waals surface area contributed by atoms with E-state index >= 15 is 0 Å². The van der Waals surface area contributed by atoms with Crippen LogP contribution in [0.15, 0.2) is 23.1 Å². The highest BCUT2D eigenvalue weighted by Gasteiger charge is 2.46. The number of sulfonamides is 1. The maximum atomic E-state index is 13.9. The van der Waals surface area contributed by atoms with Gasteiger partial charge in [0, 0.05) is 32.1 Å². The molecular formula is C15H17F3N2O4S. The zero-order chi connectivity index (χ0) is 18.2. The number of hydrogen-bond donors (Lipinski definition) is 0. The van der Waals surface area contributed by atoms with E-state index in [1.54, 1.807) is 0 Å². The van der Waals surface area contributed by atoms with Crippen LogP contribution in [0.5, 0.6) is 0 Å². The topological polar surface area (TPSA) is 66.9 Å². The van der Waals surface area contributed by atoms with Gasteiger partial charge in [0.2, 0.25) is 15.9 Å². The Morgan fingerprint density at radius 1 is 1.20 bits per heavy atom. The van der Waals surface area contributed by atoms with Crippen molar-refractivity contribution in [3.63, 3.8) is 0 Å². The number of carbonyl (C=O) groups excluding carboxylic acids is 1. The molecule has 1 aromatic carbocycles. The first-order chi connectivity index (χ1) is 11.8. The minimum atomic E-state index is -4.48. The standard InChI is InChI=1S/C15H17F3N2O4S/c16-10-1-2-14(12(18)7-10)25(22,23)20-9-11(17)8-13(20)15(21)19-3-5-24-6-4-19/h1-2,7,11,13H,3-6,8-9H2/t11-,13-/m0/s1. The Labute approximate surface area is 143 Å². The molecule has 2 aliphatic heterocycles. The van der Waals surface area contributed by atoms with Gasteiger partial charge in [-0.2, -0.15) is 4.31 Å². The molecule has 0 unspecified atom stereocenters. The highest BCUT2D eigenvalue weighted by molar-refractivity contribution is 7.89. The average molecular weight is 378 g/mol. The third-order valence-electron chi connectivity index (χ3n) is 4.29. The molecule has 1 amide bonds. The quantitative estimate of drug-likeness (QED) is 0.785. The first-order valence-corrected chi connectivity index (χ1v) is 9.22. The molecule has 0 N–H and O–H groups in total. The number of nitrogens with zero attached hydrogens (tertiary/aromatic N) is 2. The first-order valence-electron chi connectivity index (χ1n) is 7.78. The van der Waals surface area contributed by atoms with E-state index in [2.05, 4.69) is 0 Å². The highest BCUT2D eigenvalue weighted by atomic mass is 32.2. The Bertz CT molecular complexity index is 768. The van der Waals surface area contributed by atoms with Crippen molar-refractivity contribution in [2.24, 2.45) is 0 Å². The molecule has 0 aliphatic carbocycles. The summed E-state index contributed by atoms with van der Waals surface area (Å²) in [5.41, 5.74) is 0. The van der Waals surface area contributed by atoms with E-state index < -0.39 is 51.2 Å². The van der Waals surface area contributed by atoms with Gasteiger partial charge in [-0.15, -0.1) is 0 Å². The number of ether oxygens (including phenoxy) is 1. The van der Waals surface area contributed by atoms with Gasteiger partial charge in [-0.3, -0.25) is 4.79 Å². The van der Waals surface area contributed by atoms with Gasteiger partial charge in [-0.25, -0.2) is 21.6 Å². The molecule has 10 heteroatoms. The molecule has 2 atom stereocenters. The Morgan fingerprint density at radius 3 is 2.52 bits per heavy atom. The second-order valence-electron chi connectivity index (χ2n) is 5.94. The van der Waals surface area contributed by atoms with E-state index in [4.69, 9.17) is 4.74 Å². The minimum absolute atomic E-state index is 0.283. The summed E-state index contributed by atoms with van der Waals surface area (Å²) in [6.45, 7) is 0.657. The predicted molar refractivity (Wildman–Crippen MR) is 80.9 cm³/mol. The van der Waals surface area contributed by atoms with Crippen LogP contribution in [-0.2, 0) is 19.6 Å². The van der Waals surface area contributed by atoms with Gasteiger partial charge in [0.25, 0.3) is 0 Å². The van der Waals surface area contributed by atoms with E-state index in [9.17, 15) is 26.4 Å². The highest BCUT2D eigenvalue weighted by Crippen LogP contribution is 2.30. The van der Waals surface area contributed by atoms with Gasteiger partial charge in [0.05, 0.1) is 13.2 Å².